The van der Waals surface area contributed by atoms with E-state index in [1.165, 1.54) is 0 Å². The van der Waals surface area contributed by atoms with Crippen LogP contribution in [0, 0.1) is 0 Å². The number of halogens is 4. The molecule has 4 N–H and O–H groups in total. The zero-order chi connectivity index (χ0) is 10.2. The van der Waals surface area contributed by atoms with Crippen LogP contribution in [0.5, 0.6) is 0 Å². The van der Waals surface area contributed by atoms with Crippen molar-refractivity contribution in [3.05, 3.63) is 0 Å². The standard InChI is InChI=1S/C5H8F3NO3.ClH/c1-4(12,5(6,7)8)2(9)3(10)11;/h2,12H,9H2,1H3,(H,10,11);1H. The predicted molar refractivity (Wildman–Crippen MR) is 39.5 cm³/mol. The minimum absolute atomic E-state index is 0. The van der Waals surface area contributed by atoms with Gasteiger partial charge in [0.25, 0.3) is 0 Å². The van der Waals surface area contributed by atoms with E-state index >= 15 is 0 Å². The lowest BCUT2D eigenvalue weighted by atomic mass is 9.97. The molecule has 0 radical (unpaired) electrons. The fourth-order valence-electron chi connectivity index (χ4n) is 0.417. The second-order valence-electron chi connectivity index (χ2n) is 2.46. The predicted octanol–water partition coefficient (Wildman–Crippen LogP) is 0.133. The number of aliphatic carboxylic acids is 1. The Labute approximate surface area is 77.9 Å². The van der Waals surface area contributed by atoms with Gasteiger partial charge in [-0.25, -0.2) is 0 Å². The molecule has 2 unspecified atom stereocenters. The van der Waals surface area contributed by atoms with Crippen LogP contribution < -0.4 is 5.73 Å². The number of hydrogen-bond donors (Lipinski definition) is 3. The van der Waals surface area contributed by atoms with Gasteiger partial charge in [0.15, 0.2) is 5.60 Å². The molecule has 0 aromatic rings. The molecule has 0 amide bonds. The maximum absolute atomic E-state index is 11.9. The molecule has 0 aromatic carbocycles. The van der Waals surface area contributed by atoms with Crippen molar-refractivity contribution in [1.82, 2.24) is 0 Å². The van der Waals surface area contributed by atoms with Gasteiger partial charge in [-0.3, -0.25) is 4.79 Å². The molecule has 0 spiro atoms. The average Bonchev–Trinajstić information content (AvgIpc) is 1.83. The summed E-state index contributed by atoms with van der Waals surface area (Å²) < 4.78 is 35.6. The minimum Gasteiger partial charge on any atom is -0.480 e. The molecule has 13 heavy (non-hydrogen) atoms. The van der Waals surface area contributed by atoms with Crippen molar-refractivity contribution < 1.29 is 28.2 Å². The lowest BCUT2D eigenvalue weighted by Crippen LogP contribution is -2.59. The van der Waals surface area contributed by atoms with E-state index in [1.807, 2.05) is 0 Å². The molecule has 0 saturated carbocycles. The Morgan fingerprint density at radius 1 is 1.46 bits per heavy atom. The van der Waals surface area contributed by atoms with Gasteiger partial charge in [0.05, 0.1) is 0 Å². The summed E-state index contributed by atoms with van der Waals surface area (Å²) in [6.45, 7) is 0.311. The van der Waals surface area contributed by atoms with Gasteiger partial charge < -0.3 is 15.9 Å². The SMILES string of the molecule is CC(O)(C(N)C(=O)O)C(F)(F)F.Cl. The molecule has 0 fully saturated rings. The highest BCUT2D eigenvalue weighted by molar-refractivity contribution is 5.85. The van der Waals surface area contributed by atoms with Crippen LogP contribution in [0.15, 0.2) is 0 Å². The van der Waals surface area contributed by atoms with Crippen LogP contribution in [-0.4, -0.2) is 34.0 Å². The molecule has 0 aliphatic carbocycles. The Morgan fingerprint density at radius 2 is 1.77 bits per heavy atom. The van der Waals surface area contributed by atoms with E-state index in [0.717, 1.165) is 0 Å². The lowest BCUT2D eigenvalue weighted by Gasteiger charge is -2.29. The fraction of sp³-hybridized carbons (Fsp3) is 0.800. The number of carbonyl (C=O) groups is 1. The summed E-state index contributed by atoms with van der Waals surface area (Å²) in [6.07, 6.45) is -5.05. The number of alkyl halides is 3. The van der Waals surface area contributed by atoms with Crippen molar-refractivity contribution in [1.29, 1.82) is 0 Å². The summed E-state index contributed by atoms with van der Waals surface area (Å²) >= 11 is 0. The number of aliphatic hydroxyl groups is 1. The third kappa shape index (κ3) is 3.02. The Kier molecular flexibility index (Phi) is 4.74. The van der Waals surface area contributed by atoms with E-state index < -0.39 is 23.8 Å². The van der Waals surface area contributed by atoms with Crippen LogP contribution in [0.25, 0.3) is 0 Å². The number of carboxylic acids is 1. The molecule has 0 aliphatic rings. The topological polar surface area (TPSA) is 83.5 Å². The van der Waals surface area contributed by atoms with E-state index in [4.69, 9.17) is 10.2 Å². The summed E-state index contributed by atoms with van der Waals surface area (Å²) in [7, 11) is 0. The highest BCUT2D eigenvalue weighted by Crippen LogP contribution is 2.31. The van der Waals surface area contributed by atoms with Crippen molar-refractivity contribution in [2.45, 2.75) is 24.7 Å². The third-order valence-corrected chi connectivity index (χ3v) is 1.45. The Bertz CT molecular complexity index is 194. The van der Waals surface area contributed by atoms with Crippen LogP contribution in [0.3, 0.4) is 0 Å². The maximum atomic E-state index is 11.9. The molecule has 0 bridgehead atoms. The smallest absolute Gasteiger partial charge is 0.419 e. The van der Waals surface area contributed by atoms with Gasteiger partial charge in [-0.05, 0) is 6.92 Å². The van der Waals surface area contributed by atoms with Crippen molar-refractivity contribution in [2.75, 3.05) is 0 Å². The lowest BCUT2D eigenvalue weighted by molar-refractivity contribution is -0.260. The summed E-state index contributed by atoms with van der Waals surface area (Å²) in [5.41, 5.74) is 1.21. The quantitative estimate of drug-likeness (QED) is 0.622. The number of rotatable bonds is 2. The minimum atomic E-state index is -5.05. The molecule has 2 atom stereocenters. The van der Waals surface area contributed by atoms with Gasteiger partial charge in [0.1, 0.15) is 6.04 Å². The first-order chi connectivity index (χ1) is 5.10. The van der Waals surface area contributed by atoms with Crippen molar-refractivity contribution in [2.24, 2.45) is 5.73 Å². The molecular formula is C5H9ClF3NO3. The van der Waals surface area contributed by atoms with E-state index in [0.29, 0.717) is 6.92 Å². The van der Waals surface area contributed by atoms with Crippen LogP contribution in [0.2, 0.25) is 0 Å². The van der Waals surface area contributed by atoms with Crippen LogP contribution in [0.1, 0.15) is 6.92 Å². The van der Waals surface area contributed by atoms with Gasteiger partial charge >= 0.3 is 12.1 Å². The normalized spacial score (nSPS) is 18.3. The summed E-state index contributed by atoms with van der Waals surface area (Å²) in [4.78, 5) is 10.0. The van der Waals surface area contributed by atoms with Crippen LogP contribution >= 0.6 is 12.4 Å². The molecule has 0 heterocycles. The van der Waals surface area contributed by atoms with Crippen LogP contribution in [0.4, 0.5) is 13.2 Å². The van der Waals surface area contributed by atoms with Crippen LogP contribution in [-0.2, 0) is 4.79 Å². The Hall–Kier alpha value is -0.530. The Morgan fingerprint density at radius 3 is 1.85 bits per heavy atom. The maximum Gasteiger partial charge on any atom is 0.419 e. The molecule has 0 saturated heterocycles. The van der Waals surface area contributed by atoms with E-state index in [9.17, 15) is 18.0 Å². The first-order valence-electron chi connectivity index (χ1n) is 2.88. The van der Waals surface area contributed by atoms with Gasteiger partial charge in [-0.15, -0.1) is 12.4 Å². The van der Waals surface area contributed by atoms with Crippen molar-refractivity contribution >= 4 is 18.4 Å². The summed E-state index contributed by atoms with van der Waals surface area (Å²) in [6, 6.07) is -2.38. The first kappa shape index (κ1) is 15.0. The zero-order valence-corrected chi connectivity index (χ0v) is 7.32. The monoisotopic (exact) mass is 223 g/mol. The third-order valence-electron chi connectivity index (χ3n) is 1.45. The van der Waals surface area contributed by atoms with Crippen molar-refractivity contribution in [3.63, 3.8) is 0 Å². The summed E-state index contributed by atoms with van der Waals surface area (Å²) in [5, 5.41) is 16.8. The summed E-state index contributed by atoms with van der Waals surface area (Å²) in [5.74, 6) is -1.91. The molecule has 4 nitrogen and oxygen atoms in total. The molecule has 8 heteroatoms. The number of nitrogens with two attached hydrogens (primary N) is 1. The molecule has 0 aliphatic heterocycles. The highest BCUT2D eigenvalue weighted by Gasteiger charge is 2.56. The van der Waals surface area contributed by atoms with Crippen molar-refractivity contribution in [3.8, 4) is 0 Å². The van der Waals surface area contributed by atoms with Gasteiger partial charge in [-0.1, -0.05) is 0 Å². The number of carboxylic acid groups (broad SMARTS) is 1. The number of hydrogen-bond acceptors (Lipinski definition) is 3. The van der Waals surface area contributed by atoms with E-state index in [-0.39, 0.29) is 12.4 Å². The largest absolute Gasteiger partial charge is 0.480 e. The van der Waals surface area contributed by atoms with Gasteiger partial charge in [0.2, 0.25) is 0 Å². The molecular weight excluding hydrogens is 215 g/mol. The van der Waals surface area contributed by atoms with E-state index in [1.54, 1.807) is 0 Å². The molecule has 0 aromatic heterocycles. The van der Waals surface area contributed by atoms with Gasteiger partial charge in [0, 0.05) is 0 Å². The highest BCUT2D eigenvalue weighted by atomic mass is 35.5. The average molecular weight is 224 g/mol. The second-order valence-corrected chi connectivity index (χ2v) is 2.46. The molecule has 80 valence electrons. The zero-order valence-electron chi connectivity index (χ0n) is 6.50. The van der Waals surface area contributed by atoms with E-state index in [2.05, 4.69) is 5.73 Å². The fourth-order valence-corrected chi connectivity index (χ4v) is 0.417. The Balaban J connectivity index is 0. The van der Waals surface area contributed by atoms with Gasteiger partial charge in [-0.2, -0.15) is 13.2 Å². The molecule has 0 rings (SSSR count). The second kappa shape index (κ2) is 4.12. The first-order valence-corrected chi connectivity index (χ1v) is 2.88.